The second kappa shape index (κ2) is 13.3. The van der Waals surface area contributed by atoms with Crippen molar-refractivity contribution >= 4 is 23.3 Å². The van der Waals surface area contributed by atoms with Crippen LogP contribution in [0.3, 0.4) is 0 Å². The molecule has 0 saturated heterocycles. The smallest absolute Gasteiger partial charge is 0.349 e. The molecule has 0 atom stereocenters. The van der Waals surface area contributed by atoms with Crippen LogP contribution in [0.4, 0.5) is 11.4 Å². The molecule has 11 heteroatoms. The maximum Gasteiger partial charge on any atom is 0.349 e. The van der Waals surface area contributed by atoms with Gasteiger partial charge >= 0.3 is 5.97 Å². The van der Waals surface area contributed by atoms with Crippen LogP contribution in [0.2, 0.25) is 0 Å². The van der Waals surface area contributed by atoms with Crippen molar-refractivity contribution in [2.75, 3.05) is 31.7 Å². The summed E-state index contributed by atoms with van der Waals surface area (Å²) in [5.74, 6) is 0.526. The molecule has 1 amide bonds. The van der Waals surface area contributed by atoms with Crippen LogP contribution in [-0.4, -0.2) is 43.2 Å². The minimum atomic E-state index is -0.768. The van der Waals surface area contributed by atoms with Gasteiger partial charge < -0.3 is 29.0 Å². The third-order valence-corrected chi connectivity index (χ3v) is 4.63. The zero-order chi connectivity index (χ0) is 26.6. The zero-order valence-electron chi connectivity index (χ0n) is 20.3. The van der Waals surface area contributed by atoms with Crippen molar-refractivity contribution < 1.29 is 38.2 Å². The molecule has 0 unspecified atom stereocenters. The summed E-state index contributed by atoms with van der Waals surface area (Å²) in [4.78, 5) is 35.3. The summed E-state index contributed by atoms with van der Waals surface area (Å²) in [6, 6.07) is 17.1. The highest BCUT2D eigenvalue weighted by Gasteiger charge is 2.19. The summed E-state index contributed by atoms with van der Waals surface area (Å²) in [6.45, 7) is 3.84. The normalized spacial score (nSPS) is 10.2. The molecule has 0 aliphatic heterocycles. The van der Waals surface area contributed by atoms with Gasteiger partial charge in [-0.3, -0.25) is 14.9 Å². The number of benzene rings is 3. The van der Waals surface area contributed by atoms with E-state index < -0.39 is 29.1 Å². The molecule has 0 radical (unpaired) electrons. The Morgan fingerprint density at radius 3 is 1.84 bits per heavy atom. The third-order valence-electron chi connectivity index (χ3n) is 4.63. The molecule has 3 aromatic rings. The van der Waals surface area contributed by atoms with E-state index in [2.05, 4.69) is 5.32 Å². The van der Waals surface area contributed by atoms with Crippen molar-refractivity contribution in [3.05, 3.63) is 76.8 Å². The quantitative estimate of drug-likeness (QED) is 0.154. The van der Waals surface area contributed by atoms with E-state index in [0.717, 1.165) is 6.07 Å². The highest BCUT2D eigenvalue weighted by atomic mass is 16.6. The van der Waals surface area contributed by atoms with Gasteiger partial charge in [0, 0.05) is 12.1 Å². The lowest BCUT2D eigenvalue weighted by atomic mass is 10.2. The van der Waals surface area contributed by atoms with Crippen LogP contribution in [0, 0.1) is 10.1 Å². The van der Waals surface area contributed by atoms with E-state index in [4.69, 9.17) is 23.7 Å². The fourth-order valence-corrected chi connectivity index (χ4v) is 3.11. The summed E-state index contributed by atoms with van der Waals surface area (Å²) in [6.07, 6.45) is 0. The topological polar surface area (TPSA) is 135 Å². The Labute approximate surface area is 213 Å². The number of nitrogens with one attached hydrogen (secondary N) is 1. The molecule has 3 aromatic carbocycles. The van der Waals surface area contributed by atoms with Crippen molar-refractivity contribution in [1.82, 2.24) is 0 Å². The number of nitro benzene ring substituents is 1. The number of hydrogen-bond donors (Lipinski definition) is 1. The van der Waals surface area contributed by atoms with E-state index in [1.165, 1.54) is 12.1 Å². The number of hydrogen-bond acceptors (Lipinski definition) is 9. The standard InChI is InChI=1S/C26H26N2O9/c1-3-33-18-7-5-9-20(13-18)35-16-25(29)27-23-12-11-22(15-24(23)28(31)32)37-26(30)17-36-21-10-6-8-19(14-21)34-4-2/h5-15H,3-4,16-17H2,1-2H3,(H,27,29). The van der Waals surface area contributed by atoms with Gasteiger partial charge in [0.1, 0.15) is 34.4 Å². The van der Waals surface area contributed by atoms with Crippen molar-refractivity contribution in [2.45, 2.75) is 13.8 Å². The fraction of sp³-hybridized carbons (Fsp3) is 0.231. The Balaban J connectivity index is 1.57. The molecule has 3 rings (SSSR count). The molecule has 0 spiro atoms. The van der Waals surface area contributed by atoms with Crippen LogP contribution in [-0.2, 0) is 9.59 Å². The number of rotatable bonds is 13. The van der Waals surface area contributed by atoms with Crippen LogP contribution in [0.1, 0.15) is 13.8 Å². The SMILES string of the molecule is CCOc1cccc(OCC(=O)Nc2ccc(OC(=O)COc3cccc(OCC)c3)cc2[N+](=O)[O-])c1. The number of carbonyl (C=O) groups is 2. The van der Waals surface area contributed by atoms with Crippen molar-refractivity contribution in [3.63, 3.8) is 0 Å². The Morgan fingerprint density at radius 2 is 1.30 bits per heavy atom. The highest BCUT2D eigenvalue weighted by molar-refractivity contribution is 5.94. The summed E-state index contributed by atoms with van der Waals surface area (Å²) >= 11 is 0. The number of anilines is 1. The molecule has 0 bridgehead atoms. The van der Waals surface area contributed by atoms with Gasteiger partial charge in [-0.05, 0) is 50.2 Å². The third kappa shape index (κ3) is 8.42. The van der Waals surface area contributed by atoms with Gasteiger partial charge in [-0.2, -0.15) is 0 Å². The van der Waals surface area contributed by atoms with Gasteiger partial charge in [0.2, 0.25) is 0 Å². The monoisotopic (exact) mass is 510 g/mol. The van der Waals surface area contributed by atoms with Crippen LogP contribution in [0.15, 0.2) is 66.7 Å². The molecular formula is C26H26N2O9. The second-order valence-electron chi connectivity index (χ2n) is 7.35. The van der Waals surface area contributed by atoms with Gasteiger partial charge in [-0.1, -0.05) is 12.1 Å². The molecule has 1 N–H and O–H groups in total. The number of esters is 1. The van der Waals surface area contributed by atoms with Gasteiger partial charge in [0.25, 0.3) is 11.6 Å². The maximum absolute atomic E-state index is 12.3. The number of nitrogens with zero attached hydrogens (tertiary/aromatic N) is 1. The van der Waals surface area contributed by atoms with Crippen molar-refractivity contribution in [3.8, 4) is 28.7 Å². The first kappa shape index (κ1) is 26.8. The van der Waals surface area contributed by atoms with Gasteiger partial charge in [0.15, 0.2) is 13.2 Å². The van der Waals surface area contributed by atoms with Crippen LogP contribution in [0.25, 0.3) is 0 Å². The summed E-state index contributed by atoms with van der Waals surface area (Å²) < 4.78 is 26.7. The number of carbonyl (C=O) groups excluding carboxylic acids is 2. The molecule has 0 saturated carbocycles. The molecule has 37 heavy (non-hydrogen) atoms. The van der Waals surface area contributed by atoms with Crippen molar-refractivity contribution in [2.24, 2.45) is 0 Å². The zero-order valence-corrected chi connectivity index (χ0v) is 20.3. The van der Waals surface area contributed by atoms with E-state index in [1.807, 2.05) is 13.8 Å². The highest BCUT2D eigenvalue weighted by Crippen LogP contribution is 2.29. The lowest BCUT2D eigenvalue weighted by Gasteiger charge is -2.11. The molecule has 0 aromatic heterocycles. The predicted octanol–water partition coefficient (Wildman–Crippen LogP) is 4.39. The molecule has 11 nitrogen and oxygen atoms in total. The first-order valence-electron chi connectivity index (χ1n) is 11.4. The molecular weight excluding hydrogens is 484 g/mol. The molecule has 0 aliphatic rings. The maximum atomic E-state index is 12.3. The van der Waals surface area contributed by atoms with Gasteiger partial charge in [-0.15, -0.1) is 0 Å². The average molecular weight is 510 g/mol. The Kier molecular flexibility index (Phi) is 9.66. The summed E-state index contributed by atoms with van der Waals surface area (Å²) in [7, 11) is 0. The van der Waals surface area contributed by atoms with Gasteiger partial charge in [-0.25, -0.2) is 4.79 Å². The second-order valence-corrected chi connectivity index (χ2v) is 7.35. The van der Waals surface area contributed by atoms with E-state index in [-0.39, 0.29) is 18.0 Å². The van der Waals surface area contributed by atoms with Crippen molar-refractivity contribution in [1.29, 1.82) is 0 Å². The lowest BCUT2D eigenvalue weighted by Crippen LogP contribution is -2.21. The van der Waals surface area contributed by atoms with E-state index in [1.54, 1.807) is 48.5 Å². The molecule has 194 valence electrons. The Morgan fingerprint density at radius 1 is 0.757 bits per heavy atom. The summed E-state index contributed by atoms with van der Waals surface area (Å²) in [5.41, 5.74) is -0.534. The predicted molar refractivity (Wildman–Crippen MR) is 134 cm³/mol. The van der Waals surface area contributed by atoms with E-state index in [0.29, 0.717) is 36.2 Å². The first-order valence-corrected chi connectivity index (χ1v) is 11.4. The average Bonchev–Trinajstić information content (AvgIpc) is 2.88. The number of nitro groups is 1. The Hall–Kier alpha value is -4.80. The fourth-order valence-electron chi connectivity index (χ4n) is 3.11. The minimum Gasteiger partial charge on any atom is -0.494 e. The van der Waals surface area contributed by atoms with Crippen LogP contribution in [0.5, 0.6) is 28.7 Å². The minimum absolute atomic E-state index is 0.0783. The van der Waals surface area contributed by atoms with Crippen LogP contribution < -0.4 is 29.0 Å². The number of amides is 1. The lowest BCUT2D eigenvalue weighted by molar-refractivity contribution is -0.384. The number of ether oxygens (including phenoxy) is 5. The molecule has 0 heterocycles. The van der Waals surface area contributed by atoms with Gasteiger partial charge in [0.05, 0.1) is 24.2 Å². The van der Waals surface area contributed by atoms with E-state index in [9.17, 15) is 19.7 Å². The van der Waals surface area contributed by atoms with Crippen LogP contribution >= 0.6 is 0 Å². The molecule has 0 fully saturated rings. The largest absolute Gasteiger partial charge is 0.494 e. The molecule has 0 aliphatic carbocycles. The van der Waals surface area contributed by atoms with E-state index >= 15 is 0 Å². The Bertz CT molecular complexity index is 1250. The first-order chi connectivity index (χ1) is 17.9. The summed E-state index contributed by atoms with van der Waals surface area (Å²) in [5, 5.41) is 14.0.